The maximum absolute atomic E-state index is 12.1. The van der Waals surface area contributed by atoms with E-state index in [-0.39, 0.29) is 23.9 Å². The molecule has 0 unspecified atom stereocenters. The number of nitrogens with zero attached hydrogens (tertiary/aromatic N) is 1. The van der Waals surface area contributed by atoms with Crippen LogP contribution in [-0.2, 0) is 10.0 Å². The van der Waals surface area contributed by atoms with Crippen molar-refractivity contribution in [1.29, 1.82) is 0 Å². The molecule has 9 heteroatoms. The number of anilines is 1. The zero-order valence-electron chi connectivity index (χ0n) is 13.6. The highest BCUT2D eigenvalue weighted by Gasteiger charge is 2.13. The highest BCUT2D eigenvalue weighted by atomic mass is 35.5. The number of guanidine groups is 1. The van der Waals surface area contributed by atoms with Gasteiger partial charge in [-0.2, -0.15) is 0 Å². The van der Waals surface area contributed by atoms with Crippen LogP contribution in [0.5, 0.6) is 5.75 Å². The second kappa shape index (κ2) is 8.70. The van der Waals surface area contributed by atoms with E-state index in [0.29, 0.717) is 5.02 Å². The van der Waals surface area contributed by atoms with Crippen molar-refractivity contribution in [1.82, 2.24) is 4.72 Å². The largest absolute Gasteiger partial charge is 0.497 e. The van der Waals surface area contributed by atoms with E-state index in [1.807, 2.05) is 0 Å². The van der Waals surface area contributed by atoms with Gasteiger partial charge >= 0.3 is 0 Å². The van der Waals surface area contributed by atoms with Crippen LogP contribution >= 0.6 is 11.6 Å². The third-order valence-corrected chi connectivity index (χ3v) is 4.85. The van der Waals surface area contributed by atoms with E-state index in [1.54, 1.807) is 43.5 Å². The van der Waals surface area contributed by atoms with E-state index in [2.05, 4.69) is 15.0 Å². The van der Waals surface area contributed by atoms with Gasteiger partial charge in [0.25, 0.3) is 0 Å². The summed E-state index contributed by atoms with van der Waals surface area (Å²) in [5.74, 6) is 0.920. The zero-order chi connectivity index (χ0) is 18.3. The van der Waals surface area contributed by atoms with Crippen molar-refractivity contribution in [3.8, 4) is 5.75 Å². The van der Waals surface area contributed by atoms with E-state index in [0.717, 1.165) is 11.4 Å². The smallest absolute Gasteiger partial charge is 0.240 e. The quantitative estimate of drug-likeness (QED) is 0.386. The third kappa shape index (κ3) is 5.93. The number of halogens is 1. The van der Waals surface area contributed by atoms with Crippen LogP contribution in [0.15, 0.2) is 58.4 Å². The van der Waals surface area contributed by atoms with Crippen molar-refractivity contribution in [2.45, 2.75) is 4.90 Å². The summed E-state index contributed by atoms with van der Waals surface area (Å²) in [4.78, 5) is 4.18. The molecular formula is C16H19ClN4O3S. The van der Waals surface area contributed by atoms with Crippen molar-refractivity contribution in [2.75, 3.05) is 25.5 Å². The molecule has 7 nitrogen and oxygen atoms in total. The number of benzene rings is 2. The molecule has 0 aliphatic heterocycles. The van der Waals surface area contributed by atoms with Gasteiger partial charge in [-0.25, -0.2) is 13.1 Å². The first-order chi connectivity index (χ1) is 11.9. The Kier molecular flexibility index (Phi) is 6.63. The molecule has 0 heterocycles. The Morgan fingerprint density at radius 2 is 1.96 bits per heavy atom. The van der Waals surface area contributed by atoms with Crippen LogP contribution in [0.25, 0.3) is 0 Å². The predicted molar refractivity (Wildman–Crippen MR) is 99.7 cm³/mol. The zero-order valence-corrected chi connectivity index (χ0v) is 15.1. The van der Waals surface area contributed by atoms with Crippen LogP contribution in [0, 0.1) is 0 Å². The molecule has 2 rings (SSSR count). The Balaban J connectivity index is 1.85. The molecular weight excluding hydrogens is 364 g/mol. The first kappa shape index (κ1) is 19.0. The minimum Gasteiger partial charge on any atom is -0.497 e. The third-order valence-electron chi connectivity index (χ3n) is 3.15. The molecule has 134 valence electrons. The van der Waals surface area contributed by atoms with Crippen LogP contribution in [0.4, 0.5) is 5.69 Å². The maximum atomic E-state index is 12.1. The summed E-state index contributed by atoms with van der Waals surface area (Å²) in [6.07, 6.45) is 0. The van der Waals surface area contributed by atoms with Crippen molar-refractivity contribution in [3.05, 3.63) is 53.6 Å². The molecule has 2 aromatic rings. The summed E-state index contributed by atoms with van der Waals surface area (Å²) in [5.41, 5.74) is 6.52. The van der Waals surface area contributed by atoms with Gasteiger partial charge in [0, 0.05) is 17.3 Å². The van der Waals surface area contributed by atoms with Gasteiger partial charge in [-0.15, -0.1) is 0 Å². The molecule has 0 spiro atoms. The molecule has 25 heavy (non-hydrogen) atoms. The van der Waals surface area contributed by atoms with Gasteiger partial charge in [-0.3, -0.25) is 4.99 Å². The standard InChI is InChI=1S/C16H19ClN4O3S/c1-24-14-7-5-13(6-8-14)21-16(18)19-9-10-20-25(22,23)15-4-2-3-12(17)11-15/h2-8,11,20H,9-10H2,1H3,(H3,18,19,21). The lowest BCUT2D eigenvalue weighted by Crippen LogP contribution is -2.28. The van der Waals surface area contributed by atoms with Crippen molar-refractivity contribution < 1.29 is 13.2 Å². The van der Waals surface area contributed by atoms with Gasteiger partial charge in [0.15, 0.2) is 5.96 Å². The number of sulfonamides is 1. The van der Waals surface area contributed by atoms with E-state index >= 15 is 0 Å². The predicted octanol–water partition coefficient (Wildman–Crippen LogP) is 2.05. The average molecular weight is 383 g/mol. The van der Waals surface area contributed by atoms with Gasteiger partial charge in [-0.1, -0.05) is 17.7 Å². The fraction of sp³-hybridized carbons (Fsp3) is 0.188. The second-order valence-electron chi connectivity index (χ2n) is 4.98. The van der Waals surface area contributed by atoms with Gasteiger partial charge in [0.1, 0.15) is 5.75 Å². The summed E-state index contributed by atoms with van der Waals surface area (Å²) in [5, 5.41) is 3.26. The number of hydrogen-bond donors (Lipinski definition) is 3. The van der Waals surface area contributed by atoms with Crippen LogP contribution in [0.2, 0.25) is 5.02 Å². The number of nitrogens with two attached hydrogens (primary N) is 1. The molecule has 0 saturated carbocycles. The molecule has 0 saturated heterocycles. The monoisotopic (exact) mass is 382 g/mol. The minimum absolute atomic E-state index is 0.105. The summed E-state index contributed by atoms with van der Waals surface area (Å²) in [6, 6.07) is 13.2. The van der Waals surface area contributed by atoms with Gasteiger partial charge in [0.2, 0.25) is 10.0 Å². The lowest BCUT2D eigenvalue weighted by molar-refractivity contribution is 0.415. The fourth-order valence-electron chi connectivity index (χ4n) is 1.94. The molecule has 0 aromatic heterocycles. The van der Waals surface area contributed by atoms with Gasteiger partial charge < -0.3 is 15.8 Å². The number of rotatable bonds is 7. The lowest BCUT2D eigenvalue weighted by atomic mass is 10.3. The molecule has 0 radical (unpaired) electrons. The van der Waals surface area contributed by atoms with E-state index in [9.17, 15) is 8.42 Å². The first-order valence-electron chi connectivity index (χ1n) is 7.37. The van der Waals surface area contributed by atoms with Crippen LogP contribution in [-0.4, -0.2) is 34.6 Å². The Morgan fingerprint density at radius 1 is 1.24 bits per heavy atom. The highest BCUT2D eigenvalue weighted by molar-refractivity contribution is 7.89. The molecule has 4 N–H and O–H groups in total. The van der Waals surface area contributed by atoms with Crippen molar-refractivity contribution in [2.24, 2.45) is 10.7 Å². The maximum Gasteiger partial charge on any atom is 0.240 e. The first-order valence-corrected chi connectivity index (χ1v) is 9.23. The fourth-order valence-corrected chi connectivity index (χ4v) is 3.26. The summed E-state index contributed by atoms with van der Waals surface area (Å²) in [7, 11) is -2.04. The molecule has 0 fully saturated rings. The number of hydrogen-bond acceptors (Lipinski definition) is 4. The topological polar surface area (TPSA) is 106 Å². The number of ether oxygens (including phenoxy) is 1. The van der Waals surface area contributed by atoms with Crippen molar-refractivity contribution in [3.63, 3.8) is 0 Å². The molecule has 0 amide bonds. The van der Waals surface area contributed by atoms with Crippen LogP contribution < -0.4 is 20.5 Å². The summed E-state index contributed by atoms with van der Waals surface area (Å²) in [6.45, 7) is 0.300. The lowest BCUT2D eigenvalue weighted by Gasteiger charge is -2.08. The Labute approximate surface area is 151 Å². The molecule has 2 aromatic carbocycles. The average Bonchev–Trinajstić information content (AvgIpc) is 2.59. The molecule has 0 aliphatic rings. The molecule has 0 aliphatic carbocycles. The number of methoxy groups -OCH3 is 1. The van der Waals surface area contributed by atoms with Gasteiger partial charge in [-0.05, 0) is 42.5 Å². The molecule has 0 atom stereocenters. The Hall–Kier alpha value is -2.29. The van der Waals surface area contributed by atoms with E-state index in [1.165, 1.54) is 12.1 Å². The normalized spacial score (nSPS) is 12.0. The van der Waals surface area contributed by atoms with E-state index < -0.39 is 10.0 Å². The Bertz CT molecular complexity index is 839. The summed E-state index contributed by atoms with van der Waals surface area (Å²) < 4.78 is 31.7. The highest BCUT2D eigenvalue weighted by Crippen LogP contribution is 2.15. The minimum atomic E-state index is -3.63. The second-order valence-corrected chi connectivity index (χ2v) is 7.18. The number of aliphatic imine (C=N–C) groups is 1. The van der Waals surface area contributed by atoms with Crippen LogP contribution in [0.1, 0.15) is 0 Å². The number of nitrogens with one attached hydrogen (secondary N) is 2. The SMILES string of the molecule is COc1ccc(NC(N)=NCCNS(=O)(=O)c2cccc(Cl)c2)cc1. The van der Waals surface area contributed by atoms with E-state index in [4.69, 9.17) is 22.1 Å². The molecule has 0 bridgehead atoms. The van der Waals surface area contributed by atoms with Crippen LogP contribution in [0.3, 0.4) is 0 Å². The summed E-state index contributed by atoms with van der Waals surface area (Å²) >= 11 is 5.80. The Morgan fingerprint density at radius 3 is 2.60 bits per heavy atom. The van der Waals surface area contributed by atoms with Gasteiger partial charge in [0.05, 0.1) is 18.6 Å². The van der Waals surface area contributed by atoms with Crippen molar-refractivity contribution >= 4 is 33.3 Å².